The van der Waals surface area contributed by atoms with E-state index in [1.807, 2.05) is 0 Å². The molecule has 0 aromatic heterocycles. The Morgan fingerprint density at radius 2 is 1.75 bits per heavy atom. The summed E-state index contributed by atoms with van der Waals surface area (Å²) in [6.45, 7) is 10.4. The normalized spacial score (nSPS) is 31.2. The quantitative estimate of drug-likeness (QED) is 0.591. The SMILES string of the molecule is C=C[C](CC)C(CC)(CC1CO1)CC1CO1. The van der Waals surface area contributed by atoms with Crippen LogP contribution >= 0.6 is 0 Å². The van der Waals surface area contributed by atoms with Crippen LogP contribution in [-0.4, -0.2) is 25.4 Å². The van der Waals surface area contributed by atoms with Crippen molar-refractivity contribution in [3.8, 4) is 0 Å². The Kier molecular flexibility index (Phi) is 3.70. The van der Waals surface area contributed by atoms with Crippen molar-refractivity contribution < 1.29 is 9.47 Å². The van der Waals surface area contributed by atoms with E-state index in [-0.39, 0.29) is 5.41 Å². The third-order valence-electron chi connectivity index (χ3n) is 4.03. The summed E-state index contributed by atoms with van der Waals surface area (Å²) in [5.74, 6) is 1.49. The van der Waals surface area contributed by atoms with Crippen molar-refractivity contribution in [1.82, 2.24) is 0 Å². The lowest BCUT2D eigenvalue weighted by Gasteiger charge is -2.37. The highest BCUT2D eigenvalue weighted by Crippen LogP contribution is 2.48. The van der Waals surface area contributed by atoms with Gasteiger partial charge in [0.05, 0.1) is 25.4 Å². The van der Waals surface area contributed by atoms with Crippen LogP contribution in [0.5, 0.6) is 0 Å². The molecular weight excluding hydrogens is 200 g/mol. The molecule has 2 nitrogen and oxygen atoms in total. The van der Waals surface area contributed by atoms with Crippen molar-refractivity contribution >= 4 is 0 Å². The van der Waals surface area contributed by atoms with E-state index >= 15 is 0 Å². The Morgan fingerprint density at radius 3 is 2.00 bits per heavy atom. The van der Waals surface area contributed by atoms with E-state index < -0.39 is 0 Å². The highest BCUT2D eigenvalue weighted by molar-refractivity contribution is 5.18. The van der Waals surface area contributed by atoms with Gasteiger partial charge >= 0.3 is 0 Å². The molecule has 0 bridgehead atoms. The average molecular weight is 223 g/mol. The summed E-state index contributed by atoms with van der Waals surface area (Å²) in [5.41, 5.74) is 0.277. The number of hydrogen-bond donors (Lipinski definition) is 0. The molecule has 0 aromatic rings. The molecule has 2 fully saturated rings. The zero-order valence-electron chi connectivity index (χ0n) is 10.5. The first-order chi connectivity index (χ1) is 7.74. The van der Waals surface area contributed by atoms with Gasteiger partial charge in [0.25, 0.3) is 0 Å². The lowest BCUT2D eigenvalue weighted by molar-refractivity contribution is 0.195. The first kappa shape index (κ1) is 12.1. The fraction of sp³-hybridized carbons (Fsp3) is 0.786. The van der Waals surface area contributed by atoms with Gasteiger partial charge in [-0.15, -0.1) is 6.58 Å². The molecule has 91 valence electrons. The van der Waals surface area contributed by atoms with Crippen LogP contribution in [0.4, 0.5) is 0 Å². The lowest BCUT2D eigenvalue weighted by atomic mass is 9.66. The molecule has 2 heterocycles. The number of allylic oxidation sites excluding steroid dienone is 1. The average Bonchev–Trinajstić information content (AvgIpc) is 3.15. The number of hydrogen-bond acceptors (Lipinski definition) is 2. The molecule has 1 radical (unpaired) electrons. The summed E-state index contributed by atoms with van der Waals surface area (Å²) < 4.78 is 10.8. The zero-order chi connectivity index (χ0) is 11.6. The van der Waals surface area contributed by atoms with Crippen LogP contribution in [0.3, 0.4) is 0 Å². The summed E-state index contributed by atoms with van der Waals surface area (Å²) in [4.78, 5) is 0. The van der Waals surface area contributed by atoms with Crippen molar-refractivity contribution in [1.29, 1.82) is 0 Å². The molecule has 2 aliphatic rings. The molecular formula is C14H23O2. The van der Waals surface area contributed by atoms with Crippen LogP contribution < -0.4 is 0 Å². The standard InChI is InChI=1S/C14H23O2/c1-4-11(5-2)14(6-3,7-12-9-15-12)8-13-10-16-13/h4,12-13H,1,5-10H2,2-3H3. The van der Waals surface area contributed by atoms with Crippen LogP contribution in [0.2, 0.25) is 0 Å². The maximum Gasteiger partial charge on any atom is 0.0815 e. The second-order valence-electron chi connectivity index (χ2n) is 5.04. The molecule has 2 unspecified atom stereocenters. The van der Waals surface area contributed by atoms with Crippen LogP contribution in [0.1, 0.15) is 39.5 Å². The van der Waals surface area contributed by atoms with E-state index in [4.69, 9.17) is 9.47 Å². The molecule has 0 aliphatic carbocycles. The van der Waals surface area contributed by atoms with E-state index in [0.29, 0.717) is 12.2 Å². The monoisotopic (exact) mass is 223 g/mol. The van der Waals surface area contributed by atoms with Crippen molar-refractivity contribution in [2.24, 2.45) is 5.41 Å². The topological polar surface area (TPSA) is 25.1 Å². The van der Waals surface area contributed by atoms with Crippen LogP contribution in [-0.2, 0) is 9.47 Å². The second kappa shape index (κ2) is 4.89. The van der Waals surface area contributed by atoms with Crippen molar-refractivity contribution in [3.05, 3.63) is 18.6 Å². The number of rotatable bonds is 8. The fourth-order valence-electron chi connectivity index (χ4n) is 2.84. The Labute approximate surface area is 99.0 Å². The largest absolute Gasteiger partial charge is 0.373 e. The van der Waals surface area contributed by atoms with E-state index in [1.165, 1.54) is 12.3 Å². The third-order valence-corrected chi connectivity index (χ3v) is 4.03. The van der Waals surface area contributed by atoms with E-state index in [0.717, 1.165) is 32.5 Å². The molecule has 2 rings (SSSR count). The lowest BCUT2D eigenvalue weighted by Crippen LogP contribution is -2.31. The Hall–Kier alpha value is -0.340. The first-order valence-corrected chi connectivity index (χ1v) is 6.46. The predicted octanol–water partition coefficient (Wildman–Crippen LogP) is 3.13. The Bertz CT molecular complexity index is 227. The van der Waals surface area contributed by atoms with Crippen molar-refractivity contribution in [2.75, 3.05) is 13.2 Å². The van der Waals surface area contributed by atoms with Crippen LogP contribution in [0, 0.1) is 11.3 Å². The van der Waals surface area contributed by atoms with Gasteiger partial charge in [-0.3, -0.25) is 0 Å². The second-order valence-corrected chi connectivity index (χ2v) is 5.04. The molecule has 2 aliphatic heterocycles. The van der Waals surface area contributed by atoms with Crippen LogP contribution in [0.15, 0.2) is 12.7 Å². The summed E-state index contributed by atoms with van der Waals surface area (Å²) in [6, 6.07) is 0. The molecule has 2 saturated heterocycles. The Morgan fingerprint density at radius 1 is 1.25 bits per heavy atom. The summed E-state index contributed by atoms with van der Waals surface area (Å²) >= 11 is 0. The van der Waals surface area contributed by atoms with Gasteiger partial charge in [-0.1, -0.05) is 19.9 Å². The van der Waals surface area contributed by atoms with E-state index in [1.54, 1.807) is 0 Å². The van der Waals surface area contributed by atoms with Gasteiger partial charge in [0.15, 0.2) is 0 Å². The highest BCUT2D eigenvalue weighted by Gasteiger charge is 2.44. The molecule has 2 heteroatoms. The summed E-state index contributed by atoms with van der Waals surface area (Å²) in [7, 11) is 0. The first-order valence-electron chi connectivity index (χ1n) is 6.46. The maximum atomic E-state index is 5.42. The molecule has 2 atom stereocenters. The van der Waals surface area contributed by atoms with Gasteiger partial charge in [-0.05, 0) is 31.1 Å². The maximum absolute atomic E-state index is 5.42. The third kappa shape index (κ3) is 2.67. The van der Waals surface area contributed by atoms with Gasteiger partial charge in [-0.25, -0.2) is 0 Å². The molecule has 16 heavy (non-hydrogen) atoms. The van der Waals surface area contributed by atoms with Gasteiger partial charge in [0.1, 0.15) is 0 Å². The summed E-state index contributed by atoms with van der Waals surface area (Å²) in [5, 5.41) is 0. The van der Waals surface area contributed by atoms with Crippen molar-refractivity contribution in [2.45, 2.75) is 51.7 Å². The summed E-state index contributed by atoms with van der Waals surface area (Å²) in [6.07, 6.45) is 7.60. The molecule has 0 amide bonds. The van der Waals surface area contributed by atoms with E-state index in [9.17, 15) is 0 Å². The molecule has 0 N–H and O–H groups in total. The molecule has 0 saturated carbocycles. The zero-order valence-corrected chi connectivity index (χ0v) is 10.5. The highest BCUT2D eigenvalue weighted by atomic mass is 16.6. The minimum absolute atomic E-state index is 0.277. The molecule has 0 spiro atoms. The Balaban J connectivity index is 2.07. The number of ether oxygens (including phenoxy) is 2. The smallest absolute Gasteiger partial charge is 0.0815 e. The van der Waals surface area contributed by atoms with E-state index in [2.05, 4.69) is 26.5 Å². The molecule has 0 aromatic carbocycles. The van der Waals surface area contributed by atoms with Crippen LogP contribution in [0.25, 0.3) is 0 Å². The van der Waals surface area contributed by atoms with Gasteiger partial charge in [0, 0.05) is 5.92 Å². The minimum Gasteiger partial charge on any atom is -0.373 e. The minimum atomic E-state index is 0.277. The predicted molar refractivity (Wildman–Crippen MR) is 65.2 cm³/mol. The fourth-order valence-corrected chi connectivity index (χ4v) is 2.84. The number of epoxide rings is 2. The van der Waals surface area contributed by atoms with Crippen molar-refractivity contribution in [3.63, 3.8) is 0 Å². The van der Waals surface area contributed by atoms with Gasteiger partial charge in [-0.2, -0.15) is 0 Å². The van der Waals surface area contributed by atoms with Gasteiger partial charge in [0.2, 0.25) is 0 Å². The van der Waals surface area contributed by atoms with Gasteiger partial charge < -0.3 is 9.47 Å².